The first-order valence-electron chi connectivity index (χ1n) is 7.97. The van der Waals surface area contributed by atoms with Gasteiger partial charge in [-0.25, -0.2) is 8.42 Å². The van der Waals surface area contributed by atoms with Crippen LogP contribution in [0.4, 0.5) is 11.4 Å². The Labute approximate surface area is 151 Å². The van der Waals surface area contributed by atoms with Gasteiger partial charge < -0.3 is 10.1 Å². The number of carbonyl (C=O) groups excluding carboxylic acids is 2. The summed E-state index contributed by atoms with van der Waals surface area (Å²) in [5.41, 5.74) is 2.45. The summed E-state index contributed by atoms with van der Waals surface area (Å²) < 4.78 is 30.3. The first-order chi connectivity index (χ1) is 12.3. The number of nitrogens with one attached hydrogen (secondary N) is 2. The van der Waals surface area contributed by atoms with Crippen molar-refractivity contribution in [1.29, 1.82) is 0 Å². The lowest BCUT2D eigenvalue weighted by atomic mass is 10.1. The standard InChI is InChI=1S/C18H18N2O5S/c1-26(23,24)20-14-4-2-3-13(9-14)19-18(22)11-25-15-7-5-12-6-8-17(21)16(12)10-15/h2-5,7,9-10,20H,6,8,11H2,1H3,(H,19,22). The molecular formula is C18H18N2O5S. The molecule has 2 N–H and O–H groups in total. The Balaban J connectivity index is 1.59. The largest absolute Gasteiger partial charge is 0.484 e. The highest BCUT2D eigenvalue weighted by Crippen LogP contribution is 2.26. The molecule has 26 heavy (non-hydrogen) atoms. The number of sulfonamides is 1. The average Bonchev–Trinajstić information content (AvgIpc) is 2.92. The minimum absolute atomic E-state index is 0.0880. The third-order valence-electron chi connectivity index (χ3n) is 3.82. The molecule has 3 rings (SSSR count). The van der Waals surface area contributed by atoms with Gasteiger partial charge in [0.15, 0.2) is 12.4 Å². The van der Waals surface area contributed by atoms with Gasteiger partial charge in [-0.05, 0) is 42.3 Å². The van der Waals surface area contributed by atoms with Gasteiger partial charge >= 0.3 is 0 Å². The fourth-order valence-corrected chi connectivity index (χ4v) is 3.28. The van der Waals surface area contributed by atoms with Gasteiger partial charge in [0, 0.05) is 17.7 Å². The fourth-order valence-electron chi connectivity index (χ4n) is 2.73. The van der Waals surface area contributed by atoms with Crippen molar-refractivity contribution in [2.45, 2.75) is 12.8 Å². The van der Waals surface area contributed by atoms with Crippen LogP contribution >= 0.6 is 0 Å². The number of rotatable bonds is 6. The predicted octanol–water partition coefficient (Wildman–Crippen LogP) is 2.20. The van der Waals surface area contributed by atoms with E-state index in [9.17, 15) is 18.0 Å². The molecule has 2 aromatic rings. The van der Waals surface area contributed by atoms with Crippen molar-refractivity contribution in [3.8, 4) is 5.75 Å². The Kier molecular flexibility index (Phi) is 4.94. The van der Waals surface area contributed by atoms with E-state index in [1.807, 2.05) is 6.07 Å². The molecule has 8 heteroatoms. The third kappa shape index (κ3) is 4.60. The molecule has 136 valence electrons. The van der Waals surface area contributed by atoms with E-state index in [4.69, 9.17) is 4.74 Å². The second kappa shape index (κ2) is 7.17. The van der Waals surface area contributed by atoms with E-state index in [1.54, 1.807) is 30.3 Å². The normalized spacial score (nSPS) is 13.2. The maximum Gasteiger partial charge on any atom is 0.262 e. The highest BCUT2D eigenvalue weighted by molar-refractivity contribution is 7.92. The lowest BCUT2D eigenvalue weighted by Crippen LogP contribution is -2.20. The van der Waals surface area contributed by atoms with Crippen LogP contribution in [0, 0.1) is 0 Å². The van der Waals surface area contributed by atoms with E-state index in [-0.39, 0.29) is 12.4 Å². The molecule has 0 bridgehead atoms. The molecule has 0 aromatic heterocycles. The zero-order chi connectivity index (χ0) is 18.7. The number of aryl methyl sites for hydroxylation is 1. The van der Waals surface area contributed by atoms with E-state index in [1.165, 1.54) is 6.07 Å². The number of hydrogen-bond acceptors (Lipinski definition) is 5. The van der Waals surface area contributed by atoms with Crippen LogP contribution in [0.15, 0.2) is 42.5 Å². The Morgan fingerprint density at radius 3 is 2.65 bits per heavy atom. The van der Waals surface area contributed by atoms with Gasteiger partial charge in [-0.15, -0.1) is 0 Å². The summed E-state index contributed by atoms with van der Waals surface area (Å²) in [5.74, 6) is 0.153. The molecular weight excluding hydrogens is 356 g/mol. The van der Waals surface area contributed by atoms with Crippen LogP contribution in [-0.2, 0) is 21.2 Å². The summed E-state index contributed by atoms with van der Waals surface area (Å²) in [6, 6.07) is 11.6. The predicted molar refractivity (Wildman–Crippen MR) is 98.1 cm³/mol. The lowest BCUT2D eigenvalue weighted by Gasteiger charge is -2.10. The molecule has 1 amide bonds. The molecule has 0 spiro atoms. The van der Waals surface area contributed by atoms with E-state index >= 15 is 0 Å². The summed E-state index contributed by atoms with van der Waals surface area (Å²) in [4.78, 5) is 23.8. The molecule has 0 saturated heterocycles. The van der Waals surface area contributed by atoms with Gasteiger partial charge in [-0.2, -0.15) is 0 Å². The van der Waals surface area contributed by atoms with Crippen LogP contribution in [0.25, 0.3) is 0 Å². The SMILES string of the molecule is CS(=O)(=O)Nc1cccc(NC(=O)COc2ccc3c(c2)C(=O)CC3)c1. The zero-order valence-electron chi connectivity index (χ0n) is 14.1. The number of Topliss-reactive ketones (excluding diaryl/α,β-unsaturated/α-hetero) is 1. The molecule has 0 heterocycles. The van der Waals surface area contributed by atoms with Crippen molar-refractivity contribution in [1.82, 2.24) is 0 Å². The first-order valence-corrected chi connectivity index (χ1v) is 9.86. The number of ether oxygens (including phenoxy) is 1. The van der Waals surface area contributed by atoms with Gasteiger partial charge in [-0.3, -0.25) is 14.3 Å². The van der Waals surface area contributed by atoms with E-state index in [0.717, 1.165) is 18.2 Å². The van der Waals surface area contributed by atoms with Crippen molar-refractivity contribution in [3.63, 3.8) is 0 Å². The quantitative estimate of drug-likeness (QED) is 0.807. The van der Waals surface area contributed by atoms with Crippen molar-refractivity contribution in [2.24, 2.45) is 0 Å². The van der Waals surface area contributed by atoms with Crippen LogP contribution < -0.4 is 14.8 Å². The van der Waals surface area contributed by atoms with Crippen molar-refractivity contribution in [3.05, 3.63) is 53.6 Å². The van der Waals surface area contributed by atoms with Crippen LogP contribution in [-0.4, -0.2) is 33.0 Å². The summed E-state index contributed by atoms with van der Waals surface area (Å²) >= 11 is 0. The van der Waals surface area contributed by atoms with Gasteiger partial charge in [-0.1, -0.05) is 12.1 Å². The second-order valence-electron chi connectivity index (χ2n) is 6.03. The number of hydrogen-bond donors (Lipinski definition) is 2. The Morgan fingerprint density at radius 2 is 1.88 bits per heavy atom. The molecule has 0 aliphatic heterocycles. The zero-order valence-corrected chi connectivity index (χ0v) is 14.9. The van der Waals surface area contributed by atoms with Crippen molar-refractivity contribution in [2.75, 3.05) is 22.9 Å². The lowest BCUT2D eigenvalue weighted by molar-refractivity contribution is -0.118. The summed E-state index contributed by atoms with van der Waals surface area (Å²) in [6.07, 6.45) is 2.30. The molecule has 1 aliphatic carbocycles. The maximum atomic E-state index is 12.0. The Hall–Kier alpha value is -2.87. The Bertz CT molecular complexity index is 969. The second-order valence-corrected chi connectivity index (χ2v) is 7.78. The topological polar surface area (TPSA) is 102 Å². The van der Waals surface area contributed by atoms with Gasteiger partial charge in [0.1, 0.15) is 5.75 Å². The number of amides is 1. The van der Waals surface area contributed by atoms with Crippen molar-refractivity contribution < 1.29 is 22.7 Å². The first kappa shape index (κ1) is 17.9. The highest BCUT2D eigenvalue weighted by Gasteiger charge is 2.19. The molecule has 0 fully saturated rings. The van der Waals surface area contributed by atoms with E-state index in [2.05, 4.69) is 10.0 Å². The molecule has 1 aliphatic rings. The van der Waals surface area contributed by atoms with Crippen molar-refractivity contribution >= 4 is 33.1 Å². The van der Waals surface area contributed by atoms with Crippen LogP contribution in [0.1, 0.15) is 22.3 Å². The number of anilines is 2. The molecule has 0 atom stereocenters. The minimum atomic E-state index is -3.39. The van der Waals surface area contributed by atoms with E-state index in [0.29, 0.717) is 29.1 Å². The molecule has 0 unspecified atom stereocenters. The Morgan fingerprint density at radius 1 is 1.12 bits per heavy atom. The van der Waals surface area contributed by atoms with Crippen LogP contribution in [0.5, 0.6) is 5.75 Å². The van der Waals surface area contributed by atoms with Gasteiger partial charge in [0.05, 0.1) is 11.9 Å². The number of benzene rings is 2. The highest BCUT2D eigenvalue weighted by atomic mass is 32.2. The minimum Gasteiger partial charge on any atom is -0.484 e. The summed E-state index contributed by atoms with van der Waals surface area (Å²) in [6.45, 7) is -0.225. The molecule has 0 radical (unpaired) electrons. The summed E-state index contributed by atoms with van der Waals surface area (Å²) in [5, 5.41) is 2.63. The van der Waals surface area contributed by atoms with Gasteiger partial charge in [0.25, 0.3) is 5.91 Å². The number of fused-ring (bicyclic) bond motifs is 1. The van der Waals surface area contributed by atoms with Gasteiger partial charge in [0.2, 0.25) is 10.0 Å². The van der Waals surface area contributed by atoms with Crippen LogP contribution in [0.3, 0.4) is 0 Å². The monoisotopic (exact) mass is 374 g/mol. The third-order valence-corrected chi connectivity index (χ3v) is 4.43. The molecule has 7 nitrogen and oxygen atoms in total. The number of carbonyl (C=O) groups is 2. The van der Waals surface area contributed by atoms with Crippen LogP contribution in [0.2, 0.25) is 0 Å². The molecule has 2 aromatic carbocycles. The summed E-state index contributed by atoms with van der Waals surface area (Å²) in [7, 11) is -3.39. The molecule has 0 saturated carbocycles. The smallest absolute Gasteiger partial charge is 0.262 e. The maximum absolute atomic E-state index is 12.0. The average molecular weight is 374 g/mol. The fraction of sp³-hybridized carbons (Fsp3) is 0.222. The number of ketones is 1. The van der Waals surface area contributed by atoms with E-state index < -0.39 is 15.9 Å².